The summed E-state index contributed by atoms with van der Waals surface area (Å²) in [5, 5.41) is 9.79. The van der Waals surface area contributed by atoms with E-state index >= 15 is 0 Å². The molecule has 0 unspecified atom stereocenters. The molecule has 0 aromatic heterocycles. The molecule has 2 aromatic carbocycles. The fraction of sp³-hybridized carbons (Fsp3) is 0.294. The standard InChI is InChI=1S/C17H19BBrNO2/c1-18(21)20-10-9-14-15(11-20)16(19)7-8-17(14)22-12-13-5-3-2-4-6-13/h2-8,21H,9-12H2,1H3. The van der Waals surface area contributed by atoms with Gasteiger partial charge in [0.2, 0.25) is 0 Å². The van der Waals surface area contributed by atoms with E-state index in [1.807, 2.05) is 37.2 Å². The van der Waals surface area contributed by atoms with Gasteiger partial charge in [0.15, 0.2) is 0 Å². The molecule has 5 heteroatoms. The molecule has 0 saturated carbocycles. The third-order valence-electron chi connectivity index (χ3n) is 4.11. The second kappa shape index (κ2) is 6.86. The van der Waals surface area contributed by atoms with E-state index in [0.29, 0.717) is 6.61 Å². The van der Waals surface area contributed by atoms with Gasteiger partial charge in [-0.05, 0) is 43.0 Å². The van der Waals surface area contributed by atoms with E-state index in [4.69, 9.17) is 4.74 Å². The highest BCUT2D eigenvalue weighted by atomic mass is 79.9. The van der Waals surface area contributed by atoms with Gasteiger partial charge in [-0.2, -0.15) is 0 Å². The summed E-state index contributed by atoms with van der Waals surface area (Å²) in [5.41, 5.74) is 3.64. The van der Waals surface area contributed by atoms with E-state index in [9.17, 15) is 5.02 Å². The number of ether oxygens (including phenoxy) is 1. The third-order valence-corrected chi connectivity index (χ3v) is 4.85. The molecule has 22 heavy (non-hydrogen) atoms. The van der Waals surface area contributed by atoms with Crippen LogP contribution in [-0.2, 0) is 19.6 Å². The minimum atomic E-state index is -0.422. The molecule has 1 aliphatic rings. The molecule has 0 amide bonds. The molecule has 0 fully saturated rings. The molecule has 3 rings (SSSR count). The quantitative estimate of drug-likeness (QED) is 0.848. The normalized spacial score (nSPS) is 14.5. The molecule has 1 aliphatic heterocycles. The van der Waals surface area contributed by atoms with Crippen molar-refractivity contribution in [1.29, 1.82) is 0 Å². The Bertz CT molecular complexity index is 649. The second-order valence-electron chi connectivity index (χ2n) is 5.63. The van der Waals surface area contributed by atoms with Gasteiger partial charge in [-0.3, -0.25) is 0 Å². The Morgan fingerprint density at radius 1 is 1.18 bits per heavy atom. The monoisotopic (exact) mass is 359 g/mol. The molecule has 1 heterocycles. The van der Waals surface area contributed by atoms with Crippen molar-refractivity contribution < 1.29 is 9.76 Å². The smallest absolute Gasteiger partial charge is 0.376 e. The first kappa shape index (κ1) is 15.6. The first-order chi connectivity index (χ1) is 10.6. The van der Waals surface area contributed by atoms with E-state index in [-0.39, 0.29) is 0 Å². The average Bonchev–Trinajstić information content (AvgIpc) is 2.55. The van der Waals surface area contributed by atoms with Crippen LogP contribution in [0.15, 0.2) is 46.9 Å². The van der Waals surface area contributed by atoms with Crippen LogP contribution in [0.2, 0.25) is 6.82 Å². The van der Waals surface area contributed by atoms with E-state index in [1.54, 1.807) is 0 Å². The number of hydrogen-bond acceptors (Lipinski definition) is 3. The van der Waals surface area contributed by atoms with E-state index in [2.05, 4.69) is 32.9 Å². The van der Waals surface area contributed by atoms with Gasteiger partial charge in [-0.15, -0.1) is 0 Å². The number of nitrogens with zero attached hydrogens (tertiary/aromatic N) is 1. The van der Waals surface area contributed by atoms with Gasteiger partial charge in [-0.25, -0.2) is 0 Å². The summed E-state index contributed by atoms with van der Waals surface area (Å²) in [6.45, 7) is 3.99. The van der Waals surface area contributed by atoms with Gasteiger partial charge in [0, 0.05) is 16.6 Å². The summed E-state index contributed by atoms with van der Waals surface area (Å²) in [5.74, 6) is 0.951. The number of fused-ring (bicyclic) bond motifs is 1. The molecule has 2 aromatic rings. The van der Waals surface area contributed by atoms with Crippen molar-refractivity contribution in [2.75, 3.05) is 6.54 Å². The summed E-state index contributed by atoms with van der Waals surface area (Å²) in [4.78, 5) is 2.06. The lowest BCUT2D eigenvalue weighted by atomic mass is 9.81. The van der Waals surface area contributed by atoms with Crippen molar-refractivity contribution in [1.82, 2.24) is 4.81 Å². The molecule has 0 radical (unpaired) electrons. The molecule has 0 spiro atoms. The van der Waals surface area contributed by atoms with Gasteiger partial charge in [-0.1, -0.05) is 46.3 Å². The van der Waals surface area contributed by atoms with Crippen LogP contribution in [0, 0.1) is 0 Å². The van der Waals surface area contributed by atoms with Crippen LogP contribution >= 0.6 is 15.9 Å². The summed E-state index contributed by atoms with van der Waals surface area (Å²) in [6, 6.07) is 14.3. The summed E-state index contributed by atoms with van der Waals surface area (Å²) in [7, 11) is -0.422. The van der Waals surface area contributed by atoms with Crippen LogP contribution in [0.3, 0.4) is 0 Å². The van der Waals surface area contributed by atoms with Gasteiger partial charge in [0.05, 0.1) is 0 Å². The fourth-order valence-electron chi connectivity index (χ4n) is 2.81. The van der Waals surface area contributed by atoms with E-state index in [1.165, 1.54) is 16.7 Å². The molecule has 0 saturated heterocycles. The van der Waals surface area contributed by atoms with Gasteiger partial charge < -0.3 is 14.6 Å². The van der Waals surface area contributed by atoms with Crippen molar-refractivity contribution in [2.24, 2.45) is 0 Å². The minimum absolute atomic E-state index is 0.422. The number of halogens is 1. The number of benzene rings is 2. The predicted molar refractivity (Wildman–Crippen MR) is 92.9 cm³/mol. The van der Waals surface area contributed by atoms with Crippen LogP contribution in [0.4, 0.5) is 0 Å². The molecule has 0 atom stereocenters. The lowest BCUT2D eigenvalue weighted by Gasteiger charge is -2.31. The average molecular weight is 360 g/mol. The Labute approximate surface area is 140 Å². The highest BCUT2D eigenvalue weighted by Crippen LogP contribution is 2.34. The molecule has 3 nitrogen and oxygen atoms in total. The minimum Gasteiger partial charge on any atom is -0.489 e. The van der Waals surface area contributed by atoms with Crippen LogP contribution in [-0.4, -0.2) is 23.4 Å². The van der Waals surface area contributed by atoms with Gasteiger partial charge >= 0.3 is 7.05 Å². The maximum atomic E-state index is 9.79. The topological polar surface area (TPSA) is 32.7 Å². The highest BCUT2D eigenvalue weighted by molar-refractivity contribution is 9.10. The predicted octanol–water partition coefficient (Wildman–Crippen LogP) is 3.50. The zero-order valence-electron chi connectivity index (χ0n) is 12.6. The summed E-state index contributed by atoms with van der Waals surface area (Å²) in [6.07, 6.45) is 0.893. The molecule has 0 bridgehead atoms. The van der Waals surface area contributed by atoms with Crippen LogP contribution in [0.5, 0.6) is 5.75 Å². The summed E-state index contributed by atoms with van der Waals surface area (Å²) < 4.78 is 7.12. The Balaban J connectivity index is 1.80. The molecule has 114 valence electrons. The number of rotatable bonds is 4. The Morgan fingerprint density at radius 3 is 2.68 bits per heavy atom. The fourth-order valence-corrected chi connectivity index (χ4v) is 3.31. The first-order valence-electron chi connectivity index (χ1n) is 7.54. The van der Waals surface area contributed by atoms with Gasteiger partial charge in [0.25, 0.3) is 0 Å². The maximum absolute atomic E-state index is 9.79. The molecular formula is C17H19BBrNO2. The Hall–Kier alpha value is -1.30. The SMILES string of the molecule is CB(O)N1CCc2c(OCc3ccccc3)ccc(Br)c2C1. The largest absolute Gasteiger partial charge is 0.489 e. The summed E-state index contributed by atoms with van der Waals surface area (Å²) >= 11 is 3.62. The first-order valence-corrected chi connectivity index (χ1v) is 8.33. The molecule has 0 aliphatic carbocycles. The molecule has 1 N–H and O–H groups in total. The van der Waals surface area contributed by atoms with Crippen molar-refractivity contribution in [3.8, 4) is 5.75 Å². The number of hydrogen-bond donors (Lipinski definition) is 1. The second-order valence-corrected chi connectivity index (χ2v) is 6.48. The Morgan fingerprint density at radius 2 is 1.95 bits per heavy atom. The zero-order chi connectivity index (χ0) is 15.5. The lowest BCUT2D eigenvalue weighted by Crippen LogP contribution is -2.41. The lowest BCUT2D eigenvalue weighted by molar-refractivity contribution is 0.293. The van der Waals surface area contributed by atoms with Crippen LogP contribution < -0.4 is 4.74 Å². The van der Waals surface area contributed by atoms with Crippen LogP contribution in [0.25, 0.3) is 0 Å². The van der Waals surface area contributed by atoms with Gasteiger partial charge in [0.1, 0.15) is 12.4 Å². The maximum Gasteiger partial charge on any atom is 0.376 e. The Kier molecular flexibility index (Phi) is 4.86. The van der Waals surface area contributed by atoms with E-state index < -0.39 is 7.05 Å². The third kappa shape index (κ3) is 3.37. The molecular weight excluding hydrogens is 341 g/mol. The van der Waals surface area contributed by atoms with E-state index in [0.717, 1.165) is 29.7 Å². The van der Waals surface area contributed by atoms with Crippen molar-refractivity contribution in [2.45, 2.75) is 26.4 Å². The van der Waals surface area contributed by atoms with Crippen molar-refractivity contribution >= 4 is 23.0 Å². The zero-order valence-corrected chi connectivity index (χ0v) is 14.2. The highest BCUT2D eigenvalue weighted by Gasteiger charge is 2.25. The van der Waals surface area contributed by atoms with Crippen molar-refractivity contribution in [3.05, 3.63) is 63.6 Å². The van der Waals surface area contributed by atoms with Crippen LogP contribution in [0.1, 0.15) is 16.7 Å². The van der Waals surface area contributed by atoms with Crippen molar-refractivity contribution in [3.63, 3.8) is 0 Å².